The van der Waals surface area contributed by atoms with Gasteiger partial charge in [0.25, 0.3) is 0 Å². The number of carbonyl (C=O) groups excluding carboxylic acids is 1. The Labute approximate surface area is 115 Å². The lowest BCUT2D eigenvalue weighted by Crippen LogP contribution is -2.43. The number of hydrogen-bond donors (Lipinski definition) is 1. The normalized spacial score (nSPS) is 27.2. The lowest BCUT2D eigenvalue weighted by atomic mass is 9.81. The van der Waals surface area contributed by atoms with E-state index in [-0.39, 0.29) is 29.5 Å². The van der Waals surface area contributed by atoms with Gasteiger partial charge in [0.05, 0.1) is 28.9 Å². The zero-order valence-electron chi connectivity index (χ0n) is 12.4. The summed E-state index contributed by atoms with van der Waals surface area (Å²) in [5.41, 5.74) is 4.95. The van der Waals surface area contributed by atoms with Crippen molar-refractivity contribution >= 4 is 15.6 Å². The number of carbonyl (C=O) groups is 1. The van der Waals surface area contributed by atoms with E-state index in [4.69, 9.17) is 10.5 Å². The zero-order chi connectivity index (χ0) is 15.1. The largest absolute Gasteiger partial charge is 0.369 e. The molecule has 1 heterocycles. The number of nitrogens with two attached hydrogens (primary N) is 1. The van der Waals surface area contributed by atoms with Gasteiger partial charge in [0.15, 0.2) is 5.78 Å². The molecule has 6 heteroatoms. The number of ketones is 1. The van der Waals surface area contributed by atoms with E-state index in [2.05, 4.69) is 0 Å². The van der Waals surface area contributed by atoms with Crippen molar-refractivity contribution < 1.29 is 17.9 Å². The van der Waals surface area contributed by atoms with Gasteiger partial charge in [0.1, 0.15) is 9.84 Å². The predicted molar refractivity (Wildman–Crippen MR) is 74.7 cm³/mol. The fraction of sp³-hybridized carbons (Fsp3) is 0.923. The second kappa shape index (κ2) is 5.14. The van der Waals surface area contributed by atoms with Gasteiger partial charge in [-0.1, -0.05) is 0 Å². The van der Waals surface area contributed by atoms with Crippen LogP contribution in [-0.4, -0.2) is 43.5 Å². The van der Waals surface area contributed by atoms with Crippen LogP contribution in [-0.2, 0) is 19.4 Å². The van der Waals surface area contributed by atoms with Crippen LogP contribution in [0.1, 0.15) is 40.5 Å². The summed E-state index contributed by atoms with van der Waals surface area (Å²) in [6.45, 7) is 7.66. The van der Waals surface area contributed by atoms with E-state index in [1.165, 1.54) is 0 Å². The van der Waals surface area contributed by atoms with Crippen molar-refractivity contribution in [3.63, 3.8) is 0 Å². The second-order valence-electron chi connectivity index (χ2n) is 6.65. The van der Waals surface area contributed by atoms with Gasteiger partial charge >= 0.3 is 0 Å². The van der Waals surface area contributed by atoms with E-state index in [1.54, 1.807) is 0 Å². The predicted octanol–water partition coefficient (Wildman–Crippen LogP) is 0.911. The summed E-state index contributed by atoms with van der Waals surface area (Å²) < 4.78 is 28.1. The topological polar surface area (TPSA) is 86.5 Å². The van der Waals surface area contributed by atoms with Crippen LogP contribution in [0.15, 0.2) is 0 Å². The molecule has 0 aromatic rings. The Morgan fingerprint density at radius 2 is 1.89 bits per heavy atom. The van der Waals surface area contributed by atoms with E-state index < -0.39 is 21.5 Å². The molecular weight excluding hydrogens is 266 g/mol. The smallest absolute Gasteiger partial charge is 0.155 e. The highest BCUT2D eigenvalue weighted by atomic mass is 32.2. The van der Waals surface area contributed by atoms with Crippen molar-refractivity contribution in [1.82, 2.24) is 0 Å². The molecule has 0 amide bonds. The van der Waals surface area contributed by atoms with Crippen LogP contribution >= 0.6 is 0 Å². The summed E-state index contributed by atoms with van der Waals surface area (Å²) in [6.07, 6.45) is 1.94. The van der Waals surface area contributed by atoms with Gasteiger partial charge in [0, 0.05) is 6.26 Å². The van der Waals surface area contributed by atoms with Gasteiger partial charge in [-0.05, 0) is 40.5 Å². The minimum absolute atomic E-state index is 0.0582. The molecule has 112 valence electrons. The first-order chi connectivity index (χ1) is 8.34. The standard InChI is InChI=1S/C13H25NO4S/c1-12(2)8-9(13(3,4)18-12)11(15)10(14)6-7-19(5,16)17/h9-10H,6-8,14H2,1-5H3. The third-order valence-electron chi connectivity index (χ3n) is 3.58. The summed E-state index contributed by atoms with van der Waals surface area (Å²) in [4.78, 5) is 12.4. The first-order valence-electron chi connectivity index (χ1n) is 6.51. The van der Waals surface area contributed by atoms with Gasteiger partial charge < -0.3 is 10.5 Å². The summed E-state index contributed by atoms with van der Waals surface area (Å²) in [5.74, 6) is -0.437. The Morgan fingerprint density at radius 3 is 2.26 bits per heavy atom. The number of hydrogen-bond acceptors (Lipinski definition) is 5. The fourth-order valence-electron chi connectivity index (χ4n) is 2.75. The highest BCUT2D eigenvalue weighted by molar-refractivity contribution is 7.90. The van der Waals surface area contributed by atoms with Crippen LogP contribution < -0.4 is 5.73 Å². The maximum absolute atomic E-state index is 12.4. The Kier molecular flexibility index (Phi) is 4.49. The van der Waals surface area contributed by atoms with Crippen molar-refractivity contribution in [2.24, 2.45) is 11.7 Å². The Morgan fingerprint density at radius 1 is 1.37 bits per heavy atom. The van der Waals surface area contributed by atoms with E-state index in [0.29, 0.717) is 6.42 Å². The van der Waals surface area contributed by atoms with Crippen molar-refractivity contribution in [2.75, 3.05) is 12.0 Å². The van der Waals surface area contributed by atoms with Crippen LogP contribution in [0, 0.1) is 5.92 Å². The quantitative estimate of drug-likeness (QED) is 0.813. The molecule has 1 aliphatic heterocycles. The maximum Gasteiger partial charge on any atom is 0.155 e. The molecule has 0 saturated carbocycles. The van der Waals surface area contributed by atoms with Gasteiger partial charge in [0.2, 0.25) is 0 Å². The minimum atomic E-state index is -3.09. The zero-order valence-corrected chi connectivity index (χ0v) is 13.2. The number of Topliss-reactive ketones (excluding diaryl/α,β-unsaturated/α-hetero) is 1. The van der Waals surface area contributed by atoms with E-state index in [1.807, 2.05) is 27.7 Å². The average Bonchev–Trinajstić information content (AvgIpc) is 2.41. The summed E-state index contributed by atoms with van der Waals surface area (Å²) in [7, 11) is -3.09. The van der Waals surface area contributed by atoms with Crippen molar-refractivity contribution in [3.8, 4) is 0 Å². The molecule has 0 spiro atoms. The maximum atomic E-state index is 12.4. The highest BCUT2D eigenvalue weighted by Gasteiger charge is 2.49. The molecule has 0 aromatic carbocycles. The summed E-state index contributed by atoms with van der Waals surface area (Å²) >= 11 is 0. The molecule has 1 saturated heterocycles. The van der Waals surface area contributed by atoms with Crippen LogP contribution in [0.25, 0.3) is 0 Å². The van der Waals surface area contributed by atoms with E-state index in [9.17, 15) is 13.2 Å². The number of sulfone groups is 1. The van der Waals surface area contributed by atoms with Gasteiger partial charge in [-0.25, -0.2) is 8.42 Å². The fourth-order valence-corrected chi connectivity index (χ4v) is 3.43. The first kappa shape index (κ1) is 16.6. The monoisotopic (exact) mass is 291 g/mol. The second-order valence-corrected chi connectivity index (χ2v) is 8.91. The molecule has 19 heavy (non-hydrogen) atoms. The van der Waals surface area contributed by atoms with Crippen molar-refractivity contribution in [2.45, 2.75) is 57.8 Å². The summed E-state index contributed by atoms with van der Waals surface area (Å²) in [5, 5.41) is 0. The Balaban J connectivity index is 2.72. The molecule has 1 fully saturated rings. The van der Waals surface area contributed by atoms with Crippen LogP contribution in [0.4, 0.5) is 0 Å². The van der Waals surface area contributed by atoms with E-state index >= 15 is 0 Å². The van der Waals surface area contributed by atoms with Crippen molar-refractivity contribution in [1.29, 1.82) is 0 Å². The molecule has 1 rings (SSSR count). The molecule has 0 radical (unpaired) electrons. The summed E-state index contributed by atoms with van der Waals surface area (Å²) in [6, 6.07) is -0.739. The van der Waals surface area contributed by atoms with E-state index in [0.717, 1.165) is 6.26 Å². The van der Waals surface area contributed by atoms with Crippen molar-refractivity contribution in [3.05, 3.63) is 0 Å². The molecular formula is C13H25NO4S. The lowest BCUT2D eigenvalue weighted by molar-refractivity contribution is -0.130. The minimum Gasteiger partial charge on any atom is -0.369 e. The number of rotatable bonds is 5. The lowest BCUT2D eigenvalue weighted by Gasteiger charge is -2.27. The molecule has 2 unspecified atom stereocenters. The third-order valence-corrected chi connectivity index (χ3v) is 4.56. The molecule has 1 aliphatic rings. The average molecular weight is 291 g/mol. The molecule has 0 aromatic heterocycles. The Bertz CT molecular complexity index is 453. The molecule has 5 nitrogen and oxygen atoms in total. The van der Waals surface area contributed by atoms with Crippen LogP contribution in [0.3, 0.4) is 0 Å². The van der Waals surface area contributed by atoms with Crippen LogP contribution in [0.5, 0.6) is 0 Å². The Hall–Kier alpha value is -0.460. The molecule has 2 atom stereocenters. The first-order valence-corrected chi connectivity index (χ1v) is 8.57. The highest BCUT2D eigenvalue weighted by Crippen LogP contribution is 2.42. The third kappa shape index (κ3) is 4.54. The molecule has 0 bridgehead atoms. The molecule has 0 aliphatic carbocycles. The van der Waals surface area contributed by atoms with Gasteiger partial charge in [-0.15, -0.1) is 0 Å². The number of ether oxygens (including phenoxy) is 1. The van der Waals surface area contributed by atoms with Gasteiger partial charge in [-0.3, -0.25) is 4.79 Å². The molecule has 2 N–H and O–H groups in total. The van der Waals surface area contributed by atoms with Gasteiger partial charge in [-0.2, -0.15) is 0 Å². The SMILES string of the molecule is CC1(C)CC(C(=O)C(N)CCS(C)(=O)=O)C(C)(C)O1. The van der Waals surface area contributed by atoms with Crippen LogP contribution in [0.2, 0.25) is 0 Å².